The molecule has 0 radical (unpaired) electrons. The highest BCUT2D eigenvalue weighted by Gasteiger charge is 2.24. The van der Waals surface area contributed by atoms with Crippen LogP contribution in [0, 0.1) is 0 Å². The number of aromatic nitrogens is 2. The van der Waals surface area contributed by atoms with Gasteiger partial charge in [0, 0.05) is 17.5 Å². The molecule has 1 heterocycles. The van der Waals surface area contributed by atoms with Gasteiger partial charge in [-0.2, -0.15) is 5.10 Å². The van der Waals surface area contributed by atoms with E-state index in [0.717, 1.165) is 23.6 Å². The number of hydrogen-bond donors (Lipinski definition) is 1. The average molecular weight is 272 g/mol. The molecule has 1 aliphatic rings. The Bertz CT molecular complexity index is 629. The van der Waals surface area contributed by atoms with Crippen LogP contribution in [-0.2, 0) is 6.42 Å². The first-order valence-electron chi connectivity index (χ1n) is 7.07. The number of fused-ring (bicyclic) bond motifs is 3. The Labute approximate surface area is 119 Å². The highest BCUT2D eigenvalue weighted by atomic mass is 16.5. The van der Waals surface area contributed by atoms with Crippen molar-refractivity contribution in [3.05, 3.63) is 29.5 Å². The van der Waals surface area contributed by atoms with Gasteiger partial charge in [0.2, 0.25) is 0 Å². The Morgan fingerprint density at radius 2 is 1.65 bits per heavy atom. The van der Waals surface area contributed by atoms with Crippen molar-refractivity contribution >= 4 is 0 Å². The van der Waals surface area contributed by atoms with Crippen LogP contribution in [-0.4, -0.2) is 22.4 Å². The van der Waals surface area contributed by atoms with Crippen LogP contribution in [0.2, 0.25) is 0 Å². The summed E-state index contributed by atoms with van der Waals surface area (Å²) < 4.78 is 11.8. The van der Waals surface area contributed by atoms with Crippen molar-refractivity contribution in [1.82, 2.24) is 10.2 Å². The van der Waals surface area contributed by atoms with E-state index in [1.54, 1.807) is 0 Å². The van der Waals surface area contributed by atoms with Crippen LogP contribution in [0.1, 0.15) is 38.8 Å². The summed E-state index contributed by atoms with van der Waals surface area (Å²) in [7, 11) is 0. The van der Waals surface area contributed by atoms with E-state index < -0.39 is 0 Å². The normalized spacial score (nSPS) is 12.7. The second kappa shape index (κ2) is 4.85. The number of aromatic amines is 1. The molecule has 1 aromatic carbocycles. The van der Waals surface area contributed by atoms with Crippen molar-refractivity contribution in [2.24, 2.45) is 0 Å². The van der Waals surface area contributed by atoms with Crippen LogP contribution in [0.4, 0.5) is 0 Å². The highest BCUT2D eigenvalue weighted by molar-refractivity contribution is 5.76. The third-order valence-corrected chi connectivity index (χ3v) is 3.26. The molecule has 1 aromatic heterocycles. The minimum Gasteiger partial charge on any atom is -0.487 e. The predicted octanol–water partition coefficient (Wildman–Crippen LogP) is 3.56. The van der Waals surface area contributed by atoms with Crippen molar-refractivity contribution in [3.8, 4) is 22.8 Å². The summed E-state index contributed by atoms with van der Waals surface area (Å²) in [4.78, 5) is 0. The van der Waals surface area contributed by atoms with E-state index in [9.17, 15) is 0 Å². The summed E-state index contributed by atoms with van der Waals surface area (Å²) in [6, 6.07) is 4.16. The Kier molecular flexibility index (Phi) is 3.16. The molecule has 0 fully saturated rings. The topological polar surface area (TPSA) is 47.1 Å². The number of ether oxygens (including phenoxy) is 2. The molecule has 2 aromatic rings. The van der Waals surface area contributed by atoms with Crippen LogP contribution in [0.5, 0.6) is 11.5 Å². The summed E-state index contributed by atoms with van der Waals surface area (Å²) in [5, 5.41) is 7.18. The monoisotopic (exact) mass is 272 g/mol. The van der Waals surface area contributed by atoms with Gasteiger partial charge in [0.05, 0.1) is 24.1 Å². The molecule has 20 heavy (non-hydrogen) atoms. The van der Waals surface area contributed by atoms with E-state index in [0.29, 0.717) is 0 Å². The Morgan fingerprint density at radius 1 is 1.00 bits per heavy atom. The quantitative estimate of drug-likeness (QED) is 0.790. The molecule has 106 valence electrons. The second-order valence-corrected chi connectivity index (χ2v) is 5.74. The zero-order chi connectivity index (χ0) is 14.3. The van der Waals surface area contributed by atoms with Gasteiger partial charge in [-0.25, -0.2) is 0 Å². The Hall–Kier alpha value is -1.97. The van der Waals surface area contributed by atoms with Crippen LogP contribution in [0.15, 0.2) is 18.3 Å². The molecule has 0 amide bonds. The lowest BCUT2D eigenvalue weighted by Crippen LogP contribution is -2.11. The molecule has 0 aliphatic heterocycles. The van der Waals surface area contributed by atoms with Crippen LogP contribution < -0.4 is 9.47 Å². The third kappa shape index (κ3) is 2.26. The standard InChI is InChI=1S/C16H20N2O2/c1-9(2)19-14-6-11-5-12-8-17-18-16(12)13(11)7-15(14)20-10(3)4/h6-10H,5H2,1-4H3,(H,17,18). The van der Waals surface area contributed by atoms with Crippen LogP contribution >= 0.6 is 0 Å². The minimum absolute atomic E-state index is 0.116. The summed E-state index contributed by atoms with van der Waals surface area (Å²) in [5.41, 5.74) is 4.77. The first kappa shape index (κ1) is 13.0. The number of nitrogens with zero attached hydrogens (tertiary/aromatic N) is 1. The van der Waals surface area contributed by atoms with E-state index in [4.69, 9.17) is 9.47 Å². The Morgan fingerprint density at radius 3 is 2.30 bits per heavy atom. The molecule has 4 nitrogen and oxygen atoms in total. The maximum atomic E-state index is 5.90. The number of rotatable bonds is 4. The summed E-state index contributed by atoms with van der Waals surface area (Å²) in [6.45, 7) is 8.10. The van der Waals surface area contributed by atoms with E-state index in [1.807, 2.05) is 33.9 Å². The molecule has 0 bridgehead atoms. The number of hydrogen-bond acceptors (Lipinski definition) is 3. The minimum atomic E-state index is 0.116. The van der Waals surface area contributed by atoms with Gasteiger partial charge in [-0.1, -0.05) is 0 Å². The molecule has 0 saturated carbocycles. The van der Waals surface area contributed by atoms with E-state index in [1.165, 1.54) is 16.7 Å². The SMILES string of the molecule is CC(C)Oc1cc2c(cc1OC(C)C)-c1[nH]ncc1C2. The number of H-pyrrole nitrogens is 1. The van der Waals surface area contributed by atoms with Crippen molar-refractivity contribution < 1.29 is 9.47 Å². The molecular weight excluding hydrogens is 252 g/mol. The fraction of sp³-hybridized carbons (Fsp3) is 0.438. The summed E-state index contributed by atoms with van der Waals surface area (Å²) in [5.74, 6) is 1.63. The lowest BCUT2D eigenvalue weighted by Gasteiger charge is -2.18. The molecule has 0 atom stereocenters. The van der Waals surface area contributed by atoms with E-state index in [2.05, 4.69) is 22.3 Å². The van der Waals surface area contributed by atoms with Gasteiger partial charge >= 0.3 is 0 Å². The van der Waals surface area contributed by atoms with Gasteiger partial charge < -0.3 is 9.47 Å². The van der Waals surface area contributed by atoms with Crippen LogP contribution in [0.3, 0.4) is 0 Å². The number of nitrogens with one attached hydrogen (secondary N) is 1. The first-order valence-corrected chi connectivity index (χ1v) is 7.07. The fourth-order valence-electron chi connectivity index (χ4n) is 2.56. The van der Waals surface area contributed by atoms with Gasteiger partial charge in [-0.3, -0.25) is 5.10 Å². The van der Waals surface area contributed by atoms with E-state index >= 15 is 0 Å². The third-order valence-electron chi connectivity index (χ3n) is 3.26. The molecule has 0 saturated heterocycles. The number of benzene rings is 1. The molecule has 1 aliphatic carbocycles. The largest absolute Gasteiger partial charge is 0.487 e. The van der Waals surface area contributed by atoms with Crippen molar-refractivity contribution in [2.75, 3.05) is 0 Å². The average Bonchev–Trinajstić information content (AvgIpc) is 2.89. The lowest BCUT2D eigenvalue weighted by atomic mass is 10.1. The maximum Gasteiger partial charge on any atom is 0.162 e. The van der Waals surface area contributed by atoms with Crippen molar-refractivity contribution in [1.29, 1.82) is 0 Å². The van der Waals surface area contributed by atoms with Gasteiger partial charge in [0.1, 0.15) is 0 Å². The first-order chi connectivity index (χ1) is 9.54. The lowest BCUT2D eigenvalue weighted by molar-refractivity contribution is 0.199. The van der Waals surface area contributed by atoms with Crippen molar-refractivity contribution in [2.45, 2.75) is 46.3 Å². The van der Waals surface area contributed by atoms with Crippen LogP contribution in [0.25, 0.3) is 11.3 Å². The molecule has 0 unspecified atom stereocenters. The zero-order valence-electron chi connectivity index (χ0n) is 12.4. The zero-order valence-corrected chi connectivity index (χ0v) is 12.4. The van der Waals surface area contributed by atoms with Crippen molar-refractivity contribution in [3.63, 3.8) is 0 Å². The second-order valence-electron chi connectivity index (χ2n) is 5.74. The predicted molar refractivity (Wildman–Crippen MR) is 78.4 cm³/mol. The van der Waals surface area contributed by atoms with Gasteiger partial charge in [-0.15, -0.1) is 0 Å². The van der Waals surface area contributed by atoms with E-state index in [-0.39, 0.29) is 12.2 Å². The summed E-state index contributed by atoms with van der Waals surface area (Å²) in [6.07, 6.45) is 3.03. The molecule has 3 rings (SSSR count). The maximum absolute atomic E-state index is 5.90. The van der Waals surface area contributed by atoms with Gasteiger partial charge in [0.25, 0.3) is 0 Å². The highest BCUT2D eigenvalue weighted by Crippen LogP contribution is 2.42. The van der Waals surface area contributed by atoms with Gasteiger partial charge in [0.15, 0.2) is 11.5 Å². The Balaban J connectivity index is 2.05. The molecule has 4 heteroatoms. The fourth-order valence-corrected chi connectivity index (χ4v) is 2.56. The molecular formula is C16H20N2O2. The smallest absolute Gasteiger partial charge is 0.162 e. The molecule has 0 spiro atoms. The van der Waals surface area contributed by atoms with Gasteiger partial charge in [-0.05, 0) is 45.4 Å². The summed E-state index contributed by atoms with van der Waals surface area (Å²) >= 11 is 0. The molecule has 1 N–H and O–H groups in total.